The maximum Gasteiger partial charge on any atom is 0.257 e. The second-order valence-electron chi connectivity index (χ2n) is 4.21. The van der Waals surface area contributed by atoms with Crippen molar-refractivity contribution in [2.45, 2.75) is 6.92 Å². The first-order valence-electron chi connectivity index (χ1n) is 5.63. The Hall–Kier alpha value is -2.20. The van der Waals surface area contributed by atoms with E-state index in [-0.39, 0.29) is 16.7 Å². The molecule has 2 rings (SSSR count). The summed E-state index contributed by atoms with van der Waals surface area (Å²) in [5, 5.41) is 12.2. The summed E-state index contributed by atoms with van der Waals surface area (Å²) in [4.78, 5) is 12.1. The number of halogens is 1. The number of nitrogens with one attached hydrogen (secondary N) is 1. The molecule has 0 bridgehead atoms. The summed E-state index contributed by atoms with van der Waals surface area (Å²) in [6, 6.07) is 9.69. The molecule has 2 aromatic rings. The van der Waals surface area contributed by atoms with E-state index in [1.165, 1.54) is 12.1 Å². The van der Waals surface area contributed by atoms with E-state index in [1.807, 2.05) is 13.0 Å². The van der Waals surface area contributed by atoms with Gasteiger partial charge in [0, 0.05) is 11.4 Å². The van der Waals surface area contributed by atoms with Crippen molar-refractivity contribution >= 4 is 28.9 Å². The second-order valence-corrected chi connectivity index (χ2v) is 4.62. The van der Waals surface area contributed by atoms with Crippen molar-refractivity contribution in [3.05, 3.63) is 52.5 Å². The highest BCUT2D eigenvalue weighted by Gasteiger charge is 2.11. The van der Waals surface area contributed by atoms with Gasteiger partial charge in [0.1, 0.15) is 5.75 Å². The molecule has 2 aromatic carbocycles. The zero-order valence-electron chi connectivity index (χ0n) is 10.3. The van der Waals surface area contributed by atoms with E-state index >= 15 is 0 Å². The molecule has 0 unspecified atom stereocenters. The van der Waals surface area contributed by atoms with Gasteiger partial charge in [-0.25, -0.2) is 0 Å². The van der Waals surface area contributed by atoms with Gasteiger partial charge < -0.3 is 16.2 Å². The molecule has 0 atom stereocenters. The average molecular weight is 277 g/mol. The maximum absolute atomic E-state index is 12.1. The summed E-state index contributed by atoms with van der Waals surface area (Å²) in [6.45, 7) is 1.88. The van der Waals surface area contributed by atoms with Crippen LogP contribution < -0.4 is 11.1 Å². The van der Waals surface area contributed by atoms with Gasteiger partial charge >= 0.3 is 0 Å². The topological polar surface area (TPSA) is 75.4 Å². The summed E-state index contributed by atoms with van der Waals surface area (Å²) >= 11 is 5.77. The molecule has 98 valence electrons. The van der Waals surface area contributed by atoms with E-state index in [0.717, 1.165) is 5.56 Å². The highest BCUT2D eigenvalue weighted by atomic mass is 35.5. The standard InChI is InChI=1S/C14H13ClN2O2/c1-8-2-4-12(16)10(6-8)14(19)17-9-3-5-13(18)11(15)7-9/h2-7,18H,16H2,1H3,(H,17,19). The number of hydrogen-bond donors (Lipinski definition) is 3. The molecule has 0 fully saturated rings. The summed E-state index contributed by atoms with van der Waals surface area (Å²) in [7, 11) is 0. The molecule has 0 aliphatic carbocycles. The third-order valence-corrected chi connectivity index (χ3v) is 2.96. The van der Waals surface area contributed by atoms with Crippen molar-refractivity contribution < 1.29 is 9.90 Å². The smallest absolute Gasteiger partial charge is 0.257 e. The lowest BCUT2D eigenvalue weighted by atomic mass is 10.1. The van der Waals surface area contributed by atoms with E-state index in [9.17, 15) is 9.90 Å². The van der Waals surface area contributed by atoms with Crippen molar-refractivity contribution in [2.75, 3.05) is 11.1 Å². The van der Waals surface area contributed by atoms with Crippen LogP contribution in [0.4, 0.5) is 11.4 Å². The van der Waals surface area contributed by atoms with Gasteiger partial charge in [0.25, 0.3) is 5.91 Å². The Balaban J connectivity index is 2.25. The molecule has 0 aliphatic rings. The van der Waals surface area contributed by atoms with Gasteiger partial charge in [0.15, 0.2) is 0 Å². The number of aryl methyl sites for hydroxylation is 1. The first-order valence-corrected chi connectivity index (χ1v) is 6.01. The SMILES string of the molecule is Cc1ccc(N)c(C(=O)Nc2ccc(O)c(Cl)c2)c1. The Bertz CT molecular complexity index is 641. The molecule has 4 nitrogen and oxygen atoms in total. The van der Waals surface area contributed by atoms with E-state index in [0.29, 0.717) is 16.9 Å². The predicted octanol–water partition coefficient (Wildman–Crippen LogP) is 3.19. The number of carbonyl (C=O) groups is 1. The van der Waals surface area contributed by atoms with E-state index < -0.39 is 0 Å². The third-order valence-electron chi connectivity index (χ3n) is 2.66. The molecule has 0 heterocycles. The number of phenolic OH excluding ortho intramolecular Hbond substituents is 1. The molecular weight excluding hydrogens is 264 g/mol. The number of nitrogens with two attached hydrogens (primary N) is 1. The van der Waals surface area contributed by atoms with Crippen molar-refractivity contribution in [1.29, 1.82) is 0 Å². The number of rotatable bonds is 2. The van der Waals surface area contributed by atoms with E-state index in [1.54, 1.807) is 18.2 Å². The number of aromatic hydroxyl groups is 1. The third kappa shape index (κ3) is 2.98. The fraction of sp³-hybridized carbons (Fsp3) is 0.0714. The van der Waals surface area contributed by atoms with Gasteiger partial charge in [0.05, 0.1) is 10.6 Å². The van der Waals surface area contributed by atoms with Crippen LogP contribution in [0, 0.1) is 6.92 Å². The van der Waals surface area contributed by atoms with Gasteiger partial charge in [-0.3, -0.25) is 4.79 Å². The van der Waals surface area contributed by atoms with Crippen LogP contribution in [0.25, 0.3) is 0 Å². The highest BCUT2D eigenvalue weighted by Crippen LogP contribution is 2.26. The first kappa shape index (κ1) is 13.2. The Morgan fingerprint density at radius 2 is 2.00 bits per heavy atom. The van der Waals surface area contributed by atoms with Gasteiger partial charge in [-0.05, 0) is 37.3 Å². The molecule has 0 aromatic heterocycles. The quantitative estimate of drug-likeness (QED) is 0.582. The Labute approximate surface area is 115 Å². The zero-order valence-corrected chi connectivity index (χ0v) is 11.0. The van der Waals surface area contributed by atoms with Gasteiger partial charge in [-0.15, -0.1) is 0 Å². The number of nitrogen functional groups attached to an aromatic ring is 1. The number of carbonyl (C=O) groups excluding carboxylic acids is 1. The van der Waals surface area contributed by atoms with Crippen LogP contribution in [0.1, 0.15) is 15.9 Å². The van der Waals surface area contributed by atoms with Gasteiger partial charge in [-0.1, -0.05) is 23.2 Å². The van der Waals surface area contributed by atoms with Crippen LogP contribution >= 0.6 is 11.6 Å². The average Bonchev–Trinajstić information content (AvgIpc) is 2.36. The highest BCUT2D eigenvalue weighted by molar-refractivity contribution is 6.32. The molecule has 4 N–H and O–H groups in total. The zero-order chi connectivity index (χ0) is 14.0. The lowest BCUT2D eigenvalue weighted by Gasteiger charge is -2.09. The number of anilines is 2. The Morgan fingerprint density at radius 3 is 2.68 bits per heavy atom. The van der Waals surface area contributed by atoms with E-state index in [2.05, 4.69) is 5.32 Å². The predicted molar refractivity (Wildman–Crippen MR) is 76.7 cm³/mol. The minimum Gasteiger partial charge on any atom is -0.506 e. The Kier molecular flexibility index (Phi) is 3.62. The molecular formula is C14H13ClN2O2. The molecule has 5 heteroatoms. The van der Waals surface area contributed by atoms with Crippen LogP contribution in [0.2, 0.25) is 5.02 Å². The minimum atomic E-state index is -0.317. The number of phenols is 1. The van der Waals surface area contributed by atoms with Crippen molar-refractivity contribution in [3.8, 4) is 5.75 Å². The van der Waals surface area contributed by atoms with Crippen LogP contribution in [-0.4, -0.2) is 11.0 Å². The summed E-state index contributed by atoms with van der Waals surface area (Å²) in [5.41, 5.74) is 8.03. The molecule has 19 heavy (non-hydrogen) atoms. The second kappa shape index (κ2) is 5.20. The normalized spacial score (nSPS) is 10.2. The summed E-state index contributed by atoms with van der Waals surface area (Å²) in [5.74, 6) is -0.349. The van der Waals surface area contributed by atoms with Crippen molar-refractivity contribution in [3.63, 3.8) is 0 Å². The fourth-order valence-corrected chi connectivity index (χ4v) is 1.83. The lowest BCUT2D eigenvalue weighted by Crippen LogP contribution is -2.14. The maximum atomic E-state index is 12.1. The molecule has 0 aliphatic heterocycles. The number of hydrogen-bond acceptors (Lipinski definition) is 3. The minimum absolute atomic E-state index is 0.0327. The molecule has 0 radical (unpaired) electrons. The molecule has 0 spiro atoms. The van der Waals surface area contributed by atoms with Crippen LogP contribution in [0.3, 0.4) is 0 Å². The lowest BCUT2D eigenvalue weighted by molar-refractivity contribution is 0.102. The monoisotopic (exact) mass is 276 g/mol. The fourth-order valence-electron chi connectivity index (χ4n) is 1.65. The van der Waals surface area contributed by atoms with Crippen molar-refractivity contribution in [2.24, 2.45) is 0 Å². The summed E-state index contributed by atoms with van der Waals surface area (Å²) in [6.07, 6.45) is 0. The molecule has 1 amide bonds. The number of amides is 1. The summed E-state index contributed by atoms with van der Waals surface area (Å²) < 4.78 is 0. The van der Waals surface area contributed by atoms with Crippen LogP contribution in [-0.2, 0) is 0 Å². The van der Waals surface area contributed by atoms with Gasteiger partial charge in [0.2, 0.25) is 0 Å². The largest absolute Gasteiger partial charge is 0.506 e. The van der Waals surface area contributed by atoms with Crippen LogP contribution in [0.15, 0.2) is 36.4 Å². The molecule has 0 saturated carbocycles. The van der Waals surface area contributed by atoms with E-state index in [4.69, 9.17) is 17.3 Å². The van der Waals surface area contributed by atoms with Crippen LogP contribution in [0.5, 0.6) is 5.75 Å². The number of benzene rings is 2. The molecule has 0 saturated heterocycles. The first-order chi connectivity index (χ1) is 8.97. The van der Waals surface area contributed by atoms with Gasteiger partial charge in [-0.2, -0.15) is 0 Å². The van der Waals surface area contributed by atoms with Crippen molar-refractivity contribution in [1.82, 2.24) is 0 Å². The Morgan fingerprint density at radius 1 is 1.26 bits per heavy atom.